The van der Waals surface area contributed by atoms with Crippen LogP contribution >= 0.6 is 9.24 Å². The van der Waals surface area contributed by atoms with Gasteiger partial charge < -0.3 is 14.9 Å². The number of hydrogen-bond acceptors (Lipinski definition) is 7. The van der Waals surface area contributed by atoms with Gasteiger partial charge in [0.1, 0.15) is 23.8 Å². The molecule has 2 fully saturated rings. The van der Waals surface area contributed by atoms with Gasteiger partial charge in [-0.3, -0.25) is 4.79 Å². The zero-order chi connectivity index (χ0) is 21.6. The molecule has 1 aromatic heterocycles. The molecule has 9 nitrogen and oxygen atoms in total. The van der Waals surface area contributed by atoms with Crippen LogP contribution in [0.15, 0.2) is 30.5 Å². The summed E-state index contributed by atoms with van der Waals surface area (Å²) in [4.78, 5) is 20.9. The number of amides is 1. The second-order valence-corrected chi connectivity index (χ2v) is 10.0. The third kappa shape index (κ3) is 3.59. The number of phenolic OH excluding ortho intramolecular Hbond substituents is 1. The molecule has 2 saturated heterocycles. The monoisotopic (exact) mass is 449 g/mol. The summed E-state index contributed by atoms with van der Waals surface area (Å²) in [6.45, 7) is 3.49. The van der Waals surface area contributed by atoms with Crippen molar-refractivity contribution in [2.24, 2.45) is 0 Å². The first kappa shape index (κ1) is 20.8. The first-order valence-corrected chi connectivity index (χ1v) is 11.5. The van der Waals surface area contributed by atoms with Crippen LogP contribution < -0.4 is 14.5 Å². The highest BCUT2D eigenvalue weighted by Crippen LogP contribution is 2.36. The van der Waals surface area contributed by atoms with Gasteiger partial charge >= 0.3 is 10.2 Å². The largest absolute Gasteiger partial charge is 0.506 e. The van der Waals surface area contributed by atoms with E-state index in [9.17, 15) is 18.3 Å². The number of aromatic nitrogens is 1. The van der Waals surface area contributed by atoms with Crippen LogP contribution in [0.1, 0.15) is 0 Å². The van der Waals surface area contributed by atoms with E-state index in [0.717, 1.165) is 41.9 Å². The van der Waals surface area contributed by atoms with Gasteiger partial charge in [0.15, 0.2) is 0 Å². The second kappa shape index (κ2) is 7.68. The quantitative estimate of drug-likeness (QED) is 0.670. The Kier molecular flexibility index (Phi) is 5.34. The van der Waals surface area contributed by atoms with Gasteiger partial charge in [0, 0.05) is 45.0 Å². The molecule has 3 heterocycles. The van der Waals surface area contributed by atoms with Gasteiger partial charge in [0.05, 0.1) is 0 Å². The van der Waals surface area contributed by atoms with Crippen LogP contribution in [0.25, 0.3) is 11.1 Å². The van der Waals surface area contributed by atoms with Gasteiger partial charge in [-0.15, -0.1) is 9.24 Å². The molecule has 0 spiro atoms. The van der Waals surface area contributed by atoms with Crippen LogP contribution in [0.3, 0.4) is 0 Å². The van der Waals surface area contributed by atoms with Gasteiger partial charge in [0.25, 0.3) is 5.91 Å². The second-order valence-electron chi connectivity index (χ2n) is 7.50. The summed E-state index contributed by atoms with van der Waals surface area (Å²) >= 11 is 0. The molecule has 30 heavy (non-hydrogen) atoms. The fraction of sp³-hybridized carbons (Fsp3) is 0.368. The Morgan fingerprint density at radius 2 is 1.77 bits per heavy atom. The molecule has 1 amide bonds. The van der Waals surface area contributed by atoms with Crippen LogP contribution in [0, 0.1) is 0 Å². The molecule has 1 aromatic carbocycles. The summed E-state index contributed by atoms with van der Waals surface area (Å²) in [6.07, 6.45) is 1.75. The minimum atomic E-state index is -3.99. The van der Waals surface area contributed by atoms with E-state index >= 15 is 0 Å². The molecular formula is C19H24N5O4PS. The maximum atomic E-state index is 12.5. The third-order valence-corrected chi connectivity index (χ3v) is 7.74. The number of hydrogen-bond donors (Lipinski definition) is 1. The summed E-state index contributed by atoms with van der Waals surface area (Å²) in [6, 6.07) is 7.13. The van der Waals surface area contributed by atoms with Gasteiger partial charge in [-0.1, -0.05) is 0 Å². The van der Waals surface area contributed by atoms with Crippen molar-refractivity contribution >= 4 is 42.2 Å². The van der Waals surface area contributed by atoms with Crippen LogP contribution in [0.2, 0.25) is 0 Å². The van der Waals surface area contributed by atoms with E-state index in [2.05, 4.69) is 31.1 Å². The van der Waals surface area contributed by atoms with E-state index in [1.54, 1.807) is 12.3 Å². The molecule has 4 rings (SSSR count). The minimum absolute atomic E-state index is 0.0865. The highest BCUT2D eigenvalue weighted by Gasteiger charge is 2.41. The van der Waals surface area contributed by atoms with E-state index in [4.69, 9.17) is 0 Å². The van der Waals surface area contributed by atoms with Crippen molar-refractivity contribution in [3.05, 3.63) is 30.5 Å². The molecule has 0 saturated carbocycles. The minimum Gasteiger partial charge on any atom is -0.506 e. The zero-order valence-electron chi connectivity index (χ0n) is 16.8. The fourth-order valence-electron chi connectivity index (χ4n) is 3.63. The highest BCUT2D eigenvalue weighted by atomic mass is 32.2. The maximum absolute atomic E-state index is 12.5. The van der Waals surface area contributed by atoms with Gasteiger partial charge in [-0.25, -0.2) is 13.6 Å². The number of anilines is 2. The Labute approximate surface area is 178 Å². The standard InChI is InChI=1S/C19H24N5O4PS/c1-21-5-7-23(8-6-21)17-4-3-13(11-20-17)14-9-15(25)19(16(29)10-14)24-12-18(26)22(2)30(24,27)28/h3-4,9-11,25H,5-8,12,29H2,1-2H3. The molecule has 0 radical (unpaired) electrons. The number of pyridine rings is 1. The average Bonchev–Trinajstić information content (AvgIpc) is 2.91. The Morgan fingerprint density at radius 3 is 2.30 bits per heavy atom. The van der Waals surface area contributed by atoms with Gasteiger partial charge in [0.2, 0.25) is 0 Å². The van der Waals surface area contributed by atoms with E-state index in [0.29, 0.717) is 15.2 Å². The van der Waals surface area contributed by atoms with E-state index in [1.165, 1.54) is 13.1 Å². The number of nitrogens with zero attached hydrogens (tertiary/aromatic N) is 5. The number of rotatable bonds is 3. The van der Waals surface area contributed by atoms with E-state index in [-0.39, 0.29) is 18.0 Å². The maximum Gasteiger partial charge on any atom is 0.329 e. The molecule has 2 aliphatic heterocycles. The summed E-state index contributed by atoms with van der Waals surface area (Å²) in [5, 5.41) is 11.1. The number of carbonyl (C=O) groups excluding carboxylic acids is 1. The smallest absolute Gasteiger partial charge is 0.329 e. The van der Waals surface area contributed by atoms with Crippen LogP contribution in [-0.4, -0.2) is 80.4 Å². The van der Waals surface area contributed by atoms with Crippen molar-refractivity contribution in [2.75, 3.05) is 56.0 Å². The molecule has 0 aliphatic carbocycles. The number of aromatic hydroxyl groups is 1. The molecule has 2 aromatic rings. The molecular weight excluding hydrogens is 425 g/mol. The summed E-state index contributed by atoms with van der Waals surface area (Å²) in [5.74, 6) is 0.141. The Bertz CT molecular complexity index is 1060. The summed E-state index contributed by atoms with van der Waals surface area (Å²) in [7, 11) is 1.76. The summed E-state index contributed by atoms with van der Waals surface area (Å²) < 4.78 is 26.5. The molecule has 1 N–H and O–H groups in total. The predicted molar refractivity (Wildman–Crippen MR) is 119 cm³/mol. The van der Waals surface area contributed by atoms with Crippen molar-refractivity contribution < 1.29 is 18.3 Å². The Morgan fingerprint density at radius 1 is 1.07 bits per heavy atom. The SMILES string of the molecule is CN1CCN(c2ccc(-c3cc(O)c(N4CC(=O)N(C)S4(=O)=O)c(P)c3)cn2)CC1. The average molecular weight is 449 g/mol. The topological polar surface area (TPSA) is 97.3 Å². The van der Waals surface area contributed by atoms with Crippen LogP contribution in [-0.2, 0) is 15.0 Å². The number of benzene rings is 1. The van der Waals surface area contributed by atoms with Gasteiger partial charge in [-0.05, 0) is 42.2 Å². The highest BCUT2D eigenvalue weighted by molar-refractivity contribution is 7.91. The molecule has 1 unspecified atom stereocenters. The first-order valence-electron chi connectivity index (χ1n) is 9.50. The Balaban J connectivity index is 1.62. The zero-order valence-corrected chi connectivity index (χ0v) is 18.8. The lowest BCUT2D eigenvalue weighted by atomic mass is 10.1. The van der Waals surface area contributed by atoms with E-state index < -0.39 is 16.1 Å². The van der Waals surface area contributed by atoms with Crippen LogP contribution in [0.5, 0.6) is 5.75 Å². The third-order valence-electron chi connectivity index (χ3n) is 5.53. The summed E-state index contributed by atoms with van der Waals surface area (Å²) in [5.41, 5.74) is 1.59. The number of phenols is 1. The molecule has 0 bridgehead atoms. The molecule has 1 atom stereocenters. The molecule has 160 valence electrons. The van der Waals surface area contributed by atoms with Crippen molar-refractivity contribution in [3.63, 3.8) is 0 Å². The van der Waals surface area contributed by atoms with E-state index in [1.807, 2.05) is 12.1 Å². The van der Waals surface area contributed by atoms with Crippen molar-refractivity contribution in [1.82, 2.24) is 14.2 Å². The lowest BCUT2D eigenvalue weighted by Crippen LogP contribution is -2.44. The van der Waals surface area contributed by atoms with Crippen LogP contribution in [0.4, 0.5) is 11.5 Å². The number of piperazine rings is 1. The van der Waals surface area contributed by atoms with Crippen molar-refractivity contribution in [3.8, 4) is 16.9 Å². The molecule has 2 aliphatic rings. The lowest BCUT2D eigenvalue weighted by Gasteiger charge is -2.33. The van der Waals surface area contributed by atoms with Crippen molar-refractivity contribution in [2.45, 2.75) is 0 Å². The van der Waals surface area contributed by atoms with Gasteiger partial charge in [-0.2, -0.15) is 8.42 Å². The Hall–Kier alpha value is -2.42. The number of carbonyl (C=O) groups is 1. The first-order chi connectivity index (χ1) is 14.2. The fourth-order valence-corrected chi connectivity index (χ4v) is 5.52. The lowest BCUT2D eigenvalue weighted by molar-refractivity contribution is -0.123. The van der Waals surface area contributed by atoms with Crippen molar-refractivity contribution in [1.29, 1.82) is 0 Å². The number of likely N-dealkylation sites (N-methyl/N-ethyl adjacent to an activating group) is 2. The predicted octanol–water partition coefficient (Wildman–Crippen LogP) is 0.230. The normalized spacial score (nSPS) is 19.6. The molecule has 11 heteroatoms.